The molecule has 0 aliphatic carbocycles. The van der Waals surface area contributed by atoms with Gasteiger partial charge in [-0.2, -0.15) is 0 Å². The fourth-order valence-corrected chi connectivity index (χ4v) is 5.21. The first kappa shape index (κ1) is 23.0. The average molecular weight is 479 g/mol. The summed E-state index contributed by atoms with van der Waals surface area (Å²) in [5, 5.41) is 8.01. The lowest BCUT2D eigenvalue weighted by Gasteiger charge is -2.18. The van der Waals surface area contributed by atoms with Crippen LogP contribution >= 0.6 is 22.7 Å². The molecule has 1 unspecified atom stereocenters. The number of hydrogen-bond donors (Lipinski definition) is 1. The van der Waals surface area contributed by atoms with E-state index >= 15 is 0 Å². The van der Waals surface area contributed by atoms with Crippen LogP contribution in [-0.2, 0) is 17.6 Å². The van der Waals surface area contributed by atoms with Crippen LogP contribution in [0.1, 0.15) is 34.7 Å². The molecule has 0 radical (unpaired) electrons. The van der Waals surface area contributed by atoms with Gasteiger partial charge in [0.15, 0.2) is 11.5 Å². The van der Waals surface area contributed by atoms with Crippen LogP contribution in [0.4, 0.5) is 0 Å². The molecule has 0 bridgehead atoms. The second kappa shape index (κ2) is 10.6. The fraction of sp³-hybridized carbons (Fsp3) is 0.231. The highest BCUT2D eigenvalue weighted by atomic mass is 32.1. The monoisotopic (exact) mass is 478 g/mol. The van der Waals surface area contributed by atoms with Crippen molar-refractivity contribution in [3.8, 4) is 22.1 Å². The van der Waals surface area contributed by atoms with Gasteiger partial charge in [0, 0.05) is 15.8 Å². The van der Waals surface area contributed by atoms with Gasteiger partial charge in [0.2, 0.25) is 5.91 Å². The van der Waals surface area contributed by atoms with E-state index in [0.717, 1.165) is 33.1 Å². The van der Waals surface area contributed by atoms with Crippen molar-refractivity contribution in [2.75, 3.05) is 14.2 Å². The summed E-state index contributed by atoms with van der Waals surface area (Å²) < 4.78 is 10.7. The first-order chi connectivity index (χ1) is 16.1. The number of carbonyl (C=O) groups excluding carboxylic acids is 1. The van der Waals surface area contributed by atoms with Crippen LogP contribution in [0, 0.1) is 0 Å². The van der Waals surface area contributed by atoms with Crippen LogP contribution in [0.3, 0.4) is 0 Å². The molecule has 170 valence electrons. The van der Waals surface area contributed by atoms with E-state index in [2.05, 4.69) is 47.6 Å². The highest BCUT2D eigenvalue weighted by Gasteiger charge is 2.19. The van der Waals surface area contributed by atoms with E-state index in [4.69, 9.17) is 9.47 Å². The van der Waals surface area contributed by atoms with Gasteiger partial charge in [-0.3, -0.25) is 4.79 Å². The maximum absolute atomic E-state index is 13.0. The number of aromatic nitrogens is 1. The Morgan fingerprint density at radius 2 is 1.82 bits per heavy atom. The molecule has 1 amide bonds. The Hall–Kier alpha value is -3.16. The zero-order valence-corrected chi connectivity index (χ0v) is 20.5. The van der Waals surface area contributed by atoms with E-state index in [1.165, 1.54) is 16.9 Å². The van der Waals surface area contributed by atoms with E-state index in [1.54, 1.807) is 25.6 Å². The van der Waals surface area contributed by atoms with Gasteiger partial charge in [-0.25, -0.2) is 4.98 Å². The van der Waals surface area contributed by atoms with Crippen LogP contribution in [0.25, 0.3) is 10.6 Å². The fourth-order valence-electron chi connectivity index (χ4n) is 3.59. The van der Waals surface area contributed by atoms with Crippen molar-refractivity contribution >= 4 is 28.6 Å². The molecule has 0 saturated heterocycles. The first-order valence-corrected chi connectivity index (χ1v) is 12.5. The molecule has 5 nitrogen and oxygen atoms in total. The Kier molecular flexibility index (Phi) is 7.42. The Morgan fingerprint density at radius 3 is 2.48 bits per heavy atom. The molecule has 0 saturated carbocycles. The largest absolute Gasteiger partial charge is 0.493 e. The van der Waals surface area contributed by atoms with Gasteiger partial charge in [-0.05, 0) is 47.2 Å². The summed E-state index contributed by atoms with van der Waals surface area (Å²) in [5.74, 6) is 1.26. The van der Waals surface area contributed by atoms with Crippen molar-refractivity contribution in [2.24, 2.45) is 0 Å². The Balaban J connectivity index is 1.49. The number of ether oxygens (including phenoxy) is 2. The molecule has 0 aliphatic heterocycles. The molecular formula is C26H26N2O3S2. The molecule has 0 spiro atoms. The lowest BCUT2D eigenvalue weighted by Crippen LogP contribution is -2.30. The summed E-state index contributed by atoms with van der Waals surface area (Å²) in [6.45, 7) is 2.14. The number of hydrogen-bond acceptors (Lipinski definition) is 6. The summed E-state index contributed by atoms with van der Waals surface area (Å²) in [6, 6.07) is 18.0. The second-order valence-corrected chi connectivity index (χ2v) is 9.34. The molecule has 4 rings (SSSR count). The predicted octanol–water partition coefficient (Wildman–Crippen LogP) is 5.90. The van der Waals surface area contributed by atoms with E-state index < -0.39 is 0 Å². The normalized spacial score (nSPS) is 11.7. The van der Waals surface area contributed by atoms with Crippen molar-refractivity contribution < 1.29 is 14.3 Å². The lowest BCUT2D eigenvalue weighted by molar-refractivity contribution is -0.121. The third-order valence-electron chi connectivity index (χ3n) is 5.38. The van der Waals surface area contributed by atoms with Crippen molar-refractivity contribution in [1.82, 2.24) is 10.3 Å². The standard InChI is InChI=1S/C26H26N2O3S2/c1-4-17-7-9-18(10-8-17)25(23-6-5-13-32-23)28-24(29)15-20-16-33-26(27-20)19-11-12-21(30-2)22(14-19)31-3/h5-14,16,25H,4,15H2,1-3H3,(H,28,29). The number of nitrogens with one attached hydrogen (secondary N) is 1. The van der Waals surface area contributed by atoms with Crippen LogP contribution in [0.15, 0.2) is 65.4 Å². The average Bonchev–Trinajstić information content (AvgIpc) is 3.55. The topological polar surface area (TPSA) is 60.5 Å². The minimum atomic E-state index is -0.174. The molecule has 1 N–H and O–H groups in total. The molecule has 2 heterocycles. The number of carbonyl (C=O) groups is 1. The summed E-state index contributed by atoms with van der Waals surface area (Å²) in [7, 11) is 3.22. The molecule has 33 heavy (non-hydrogen) atoms. The zero-order chi connectivity index (χ0) is 23.2. The van der Waals surface area contributed by atoms with E-state index in [9.17, 15) is 4.79 Å². The number of nitrogens with zero attached hydrogens (tertiary/aromatic N) is 1. The first-order valence-electron chi connectivity index (χ1n) is 10.7. The number of thiazole rings is 1. The molecule has 0 fully saturated rings. The van der Waals surface area contributed by atoms with Crippen LogP contribution < -0.4 is 14.8 Å². The molecular weight excluding hydrogens is 452 g/mol. The van der Waals surface area contributed by atoms with Crippen LogP contribution in [0.2, 0.25) is 0 Å². The predicted molar refractivity (Wildman–Crippen MR) is 134 cm³/mol. The Bertz CT molecular complexity index is 1200. The van der Waals surface area contributed by atoms with Crippen molar-refractivity contribution in [3.05, 3.63) is 87.1 Å². The maximum atomic E-state index is 13.0. The molecule has 1 atom stereocenters. The van der Waals surface area contributed by atoms with Gasteiger partial charge < -0.3 is 14.8 Å². The maximum Gasteiger partial charge on any atom is 0.226 e. The Labute approximate surface area is 202 Å². The molecule has 7 heteroatoms. The van der Waals surface area contributed by atoms with Gasteiger partial charge >= 0.3 is 0 Å². The number of rotatable bonds is 9. The number of thiophene rings is 1. The van der Waals surface area contributed by atoms with E-state index in [-0.39, 0.29) is 18.4 Å². The van der Waals surface area contributed by atoms with Gasteiger partial charge in [0.25, 0.3) is 0 Å². The molecule has 4 aromatic rings. The zero-order valence-electron chi connectivity index (χ0n) is 18.8. The lowest BCUT2D eigenvalue weighted by atomic mass is 10.0. The van der Waals surface area contributed by atoms with Gasteiger partial charge in [0.05, 0.1) is 32.4 Å². The third-order valence-corrected chi connectivity index (χ3v) is 7.26. The van der Waals surface area contributed by atoms with E-state index in [0.29, 0.717) is 11.5 Å². The summed E-state index contributed by atoms with van der Waals surface area (Å²) >= 11 is 3.15. The summed E-state index contributed by atoms with van der Waals surface area (Å²) in [5.41, 5.74) is 4.03. The number of aryl methyl sites for hydroxylation is 1. The summed E-state index contributed by atoms with van der Waals surface area (Å²) in [4.78, 5) is 18.8. The minimum Gasteiger partial charge on any atom is -0.493 e. The third kappa shape index (κ3) is 5.43. The van der Waals surface area contributed by atoms with Gasteiger partial charge in [-0.1, -0.05) is 37.3 Å². The number of methoxy groups -OCH3 is 2. The SMILES string of the molecule is CCc1ccc(C(NC(=O)Cc2csc(-c3ccc(OC)c(OC)c3)n2)c2cccs2)cc1. The highest BCUT2D eigenvalue weighted by Crippen LogP contribution is 2.33. The molecule has 2 aromatic heterocycles. The van der Waals surface area contributed by atoms with E-state index in [1.807, 2.05) is 35.0 Å². The molecule has 2 aromatic carbocycles. The quantitative estimate of drug-likeness (QED) is 0.325. The minimum absolute atomic E-state index is 0.0582. The number of benzene rings is 2. The summed E-state index contributed by atoms with van der Waals surface area (Å²) in [6.07, 6.45) is 1.21. The smallest absolute Gasteiger partial charge is 0.226 e. The van der Waals surface area contributed by atoms with Crippen LogP contribution in [0.5, 0.6) is 11.5 Å². The van der Waals surface area contributed by atoms with Crippen molar-refractivity contribution in [2.45, 2.75) is 25.8 Å². The highest BCUT2D eigenvalue weighted by molar-refractivity contribution is 7.13. The van der Waals surface area contributed by atoms with Crippen LogP contribution in [-0.4, -0.2) is 25.1 Å². The Morgan fingerprint density at radius 1 is 1.03 bits per heavy atom. The second-order valence-electron chi connectivity index (χ2n) is 7.50. The van der Waals surface area contributed by atoms with Crippen molar-refractivity contribution in [3.63, 3.8) is 0 Å². The van der Waals surface area contributed by atoms with Crippen molar-refractivity contribution in [1.29, 1.82) is 0 Å². The molecule has 0 aliphatic rings. The van der Waals surface area contributed by atoms with Gasteiger partial charge in [-0.15, -0.1) is 22.7 Å². The number of amides is 1. The van der Waals surface area contributed by atoms with Gasteiger partial charge in [0.1, 0.15) is 5.01 Å².